The number of fused-ring (bicyclic) bond motifs is 3. The second kappa shape index (κ2) is 9.87. The summed E-state index contributed by atoms with van der Waals surface area (Å²) in [4.78, 5) is 35.9. The van der Waals surface area contributed by atoms with Crippen LogP contribution in [0.25, 0.3) is 11.1 Å². The van der Waals surface area contributed by atoms with Gasteiger partial charge < -0.3 is 20.5 Å². The molecule has 2 aromatic carbocycles. The maximum atomic E-state index is 12.5. The van der Waals surface area contributed by atoms with Crippen molar-refractivity contribution in [3.8, 4) is 11.1 Å². The molecule has 7 nitrogen and oxygen atoms in total. The zero-order chi connectivity index (χ0) is 24.3. The van der Waals surface area contributed by atoms with Crippen LogP contribution in [0.4, 0.5) is 4.79 Å². The molecule has 2 aliphatic rings. The molecule has 0 aromatic heterocycles. The van der Waals surface area contributed by atoms with E-state index in [4.69, 9.17) is 9.84 Å². The fourth-order valence-corrected chi connectivity index (χ4v) is 4.93. The van der Waals surface area contributed by atoms with Gasteiger partial charge in [0.1, 0.15) is 6.61 Å². The zero-order valence-corrected chi connectivity index (χ0v) is 19.7. The van der Waals surface area contributed by atoms with Gasteiger partial charge in [-0.05, 0) is 61.3 Å². The van der Waals surface area contributed by atoms with Crippen LogP contribution in [0.3, 0.4) is 0 Å². The molecule has 0 radical (unpaired) electrons. The third kappa shape index (κ3) is 5.24. The number of hydrogen-bond acceptors (Lipinski definition) is 4. The fraction of sp³-hybridized carbons (Fsp3) is 0.444. The molecule has 180 valence electrons. The number of nitrogens with one attached hydrogen (secondary N) is 2. The normalized spacial score (nSPS) is 19.2. The van der Waals surface area contributed by atoms with E-state index in [0.29, 0.717) is 12.8 Å². The summed E-state index contributed by atoms with van der Waals surface area (Å²) in [6.07, 6.45) is 2.24. The lowest BCUT2D eigenvalue weighted by atomic mass is 9.93. The van der Waals surface area contributed by atoms with Crippen LogP contribution in [0, 0.1) is 11.3 Å². The molecule has 3 N–H and O–H groups in total. The summed E-state index contributed by atoms with van der Waals surface area (Å²) in [5.41, 5.74) is 3.73. The highest BCUT2D eigenvalue weighted by Crippen LogP contribution is 2.44. The number of amides is 2. The molecule has 34 heavy (non-hydrogen) atoms. The number of benzene rings is 2. The Morgan fingerprint density at radius 2 is 1.62 bits per heavy atom. The van der Waals surface area contributed by atoms with Crippen LogP contribution in [0.1, 0.15) is 56.6 Å². The van der Waals surface area contributed by atoms with Crippen molar-refractivity contribution >= 4 is 18.0 Å². The summed E-state index contributed by atoms with van der Waals surface area (Å²) >= 11 is 0. The fourth-order valence-electron chi connectivity index (χ4n) is 4.93. The molecule has 0 heterocycles. The topological polar surface area (TPSA) is 105 Å². The van der Waals surface area contributed by atoms with Crippen molar-refractivity contribution in [2.45, 2.75) is 51.5 Å². The van der Waals surface area contributed by atoms with Crippen LogP contribution >= 0.6 is 0 Å². The van der Waals surface area contributed by atoms with Crippen molar-refractivity contribution in [2.75, 3.05) is 13.2 Å². The van der Waals surface area contributed by atoms with Crippen molar-refractivity contribution in [1.29, 1.82) is 0 Å². The van der Waals surface area contributed by atoms with Gasteiger partial charge in [-0.25, -0.2) is 4.79 Å². The van der Waals surface area contributed by atoms with Crippen molar-refractivity contribution in [3.05, 3.63) is 59.7 Å². The van der Waals surface area contributed by atoms with Crippen LogP contribution in [-0.4, -0.2) is 42.3 Å². The van der Waals surface area contributed by atoms with Gasteiger partial charge in [-0.3, -0.25) is 9.59 Å². The number of carbonyl (C=O) groups is 3. The Morgan fingerprint density at radius 3 is 2.24 bits per heavy atom. The molecule has 0 bridgehead atoms. The first-order chi connectivity index (χ1) is 16.2. The third-order valence-electron chi connectivity index (χ3n) is 6.99. The predicted octanol–water partition coefficient (Wildman–Crippen LogP) is 4.31. The molecule has 0 aliphatic heterocycles. The summed E-state index contributed by atoms with van der Waals surface area (Å²) in [6, 6.07) is 16.4. The van der Waals surface area contributed by atoms with Gasteiger partial charge in [-0.15, -0.1) is 0 Å². The Labute approximate surface area is 199 Å². The van der Waals surface area contributed by atoms with E-state index in [0.717, 1.165) is 12.8 Å². The van der Waals surface area contributed by atoms with Gasteiger partial charge >= 0.3 is 12.1 Å². The van der Waals surface area contributed by atoms with Crippen molar-refractivity contribution < 1.29 is 24.2 Å². The highest BCUT2D eigenvalue weighted by atomic mass is 16.5. The summed E-state index contributed by atoms with van der Waals surface area (Å²) < 4.78 is 5.63. The Hall–Kier alpha value is -3.35. The van der Waals surface area contributed by atoms with Crippen molar-refractivity contribution in [1.82, 2.24) is 10.6 Å². The summed E-state index contributed by atoms with van der Waals surface area (Å²) in [5, 5.41) is 14.8. The van der Waals surface area contributed by atoms with Gasteiger partial charge in [0.25, 0.3) is 0 Å². The molecule has 0 saturated heterocycles. The molecular formula is C27H32N2O5. The molecule has 0 spiro atoms. The molecule has 2 aliphatic carbocycles. The molecule has 2 atom stereocenters. The van der Waals surface area contributed by atoms with E-state index in [2.05, 4.69) is 34.9 Å². The average Bonchev–Trinajstić information content (AvgIpc) is 3.38. The number of carboxylic acids is 1. The molecule has 4 rings (SSSR count). The maximum absolute atomic E-state index is 12.5. The van der Waals surface area contributed by atoms with Crippen LogP contribution < -0.4 is 10.6 Å². The van der Waals surface area contributed by atoms with E-state index in [-0.39, 0.29) is 36.9 Å². The van der Waals surface area contributed by atoms with Crippen molar-refractivity contribution in [3.63, 3.8) is 0 Å². The number of ether oxygens (including phenoxy) is 1. The van der Waals surface area contributed by atoms with E-state index in [1.54, 1.807) is 13.8 Å². The van der Waals surface area contributed by atoms with Gasteiger partial charge in [0.05, 0.1) is 5.41 Å². The first-order valence-corrected chi connectivity index (χ1v) is 11.9. The van der Waals surface area contributed by atoms with E-state index in [1.807, 2.05) is 24.3 Å². The van der Waals surface area contributed by atoms with E-state index >= 15 is 0 Å². The molecule has 2 aromatic rings. The lowest BCUT2D eigenvalue weighted by Gasteiger charge is -2.20. The monoisotopic (exact) mass is 464 g/mol. The van der Waals surface area contributed by atoms with E-state index in [1.165, 1.54) is 22.3 Å². The van der Waals surface area contributed by atoms with Crippen LogP contribution in [0.2, 0.25) is 0 Å². The average molecular weight is 465 g/mol. The summed E-state index contributed by atoms with van der Waals surface area (Å²) in [6.45, 7) is 3.53. The Kier molecular flexibility index (Phi) is 6.91. The molecule has 1 fully saturated rings. The lowest BCUT2D eigenvalue weighted by molar-refractivity contribution is -0.146. The summed E-state index contributed by atoms with van der Waals surface area (Å²) in [7, 11) is 0. The minimum absolute atomic E-state index is 0.0215. The van der Waals surface area contributed by atoms with E-state index in [9.17, 15) is 14.4 Å². The smallest absolute Gasteiger partial charge is 0.407 e. The minimum Gasteiger partial charge on any atom is -0.481 e. The van der Waals surface area contributed by atoms with Gasteiger partial charge in [-0.1, -0.05) is 48.5 Å². The van der Waals surface area contributed by atoms with Crippen LogP contribution in [0.5, 0.6) is 0 Å². The van der Waals surface area contributed by atoms with Gasteiger partial charge in [0.15, 0.2) is 0 Å². The number of rotatable bonds is 8. The number of alkyl carbamates (subject to hydrolysis) is 1. The second-order valence-electron chi connectivity index (χ2n) is 10.0. The van der Waals surface area contributed by atoms with Gasteiger partial charge in [0, 0.05) is 24.9 Å². The molecule has 1 saturated carbocycles. The van der Waals surface area contributed by atoms with Crippen LogP contribution in [0.15, 0.2) is 48.5 Å². The highest BCUT2D eigenvalue weighted by Gasteiger charge is 2.32. The number of hydrogen-bond donors (Lipinski definition) is 3. The highest BCUT2D eigenvalue weighted by molar-refractivity contribution is 5.80. The number of aliphatic carboxylic acids is 1. The Bertz CT molecular complexity index is 1030. The predicted molar refractivity (Wildman–Crippen MR) is 128 cm³/mol. The SMILES string of the molecule is CC(C)(CNC(=O)C[C@H]1CC[C@@H](NC(=O)OCC2c3ccccc3-c3ccccc32)C1)C(=O)O. The van der Waals surface area contributed by atoms with Crippen molar-refractivity contribution in [2.24, 2.45) is 11.3 Å². The lowest BCUT2D eigenvalue weighted by Crippen LogP contribution is -2.39. The van der Waals surface area contributed by atoms with E-state index < -0.39 is 17.5 Å². The quantitative estimate of drug-likeness (QED) is 0.540. The number of carboxylic acid groups (broad SMARTS) is 1. The standard InChI is InChI=1S/C27H32N2O5/c1-27(2,25(31)32)16-28-24(30)14-17-11-12-18(13-17)29-26(33)34-15-23-21-9-5-3-7-19(21)20-8-4-6-10-22(20)23/h3-10,17-18,23H,11-16H2,1-2H3,(H,28,30)(H,29,33)(H,31,32)/t17-,18+/m0/s1. The summed E-state index contributed by atoms with van der Waals surface area (Å²) in [5.74, 6) is -0.915. The largest absolute Gasteiger partial charge is 0.481 e. The molecule has 2 amide bonds. The third-order valence-corrected chi connectivity index (χ3v) is 6.99. The molecule has 0 unspecified atom stereocenters. The first kappa shape index (κ1) is 23.8. The number of carbonyl (C=O) groups excluding carboxylic acids is 2. The van der Waals surface area contributed by atoms with Gasteiger partial charge in [0.2, 0.25) is 5.91 Å². The molecule has 7 heteroatoms. The minimum atomic E-state index is -1.00. The van der Waals surface area contributed by atoms with Crippen LogP contribution in [-0.2, 0) is 14.3 Å². The first-order valence-electron chi connectivity index (χ1n) is 11.9. The maximum Gasteiger partial charge on any atom is 0.407 e. The second-order valence-corrected chi connectivity index (χ2v) is 10.0. The van der Waals surface area contributed by atoms with Gasteiger partial charge in [-0.2, -0.15) is 0 Å². The zero-order valence-electron chi connectivity index (χ0n) is 19.7. The Morgan fingerprint density at radius 1 is 1.00 bits per heavy atom. The Balaban J connectivity index is 1.24. The molecular weight excluding hydrogens is 432 g/mol.